The molecule has 0 bridgehead atoms. The van der Waals surface area contributed by atoms with Crippen LogP contribution in [0.25, 0.3) is 0 Å². The maximum atomic E-state index is 4.24. The molecule has 0 heterocycles. The molecule has 0 saturated heterocycles. The summed E-state index contributed by atoms with van der Waals surface area (Å²) < 4.78 is 0. The summed E-state index contributed by atoms with van der Waals surface area (Å²) in [6, 6.07) is 0. The van der Waals surface area contributed by atoms with Gasteiger partial charge in [0.1, 0.15) is 0 Å². The average Bonchev–Trinajstić information content (AvgIpc) is 2.30. The molecule has 12 heavy (non-hydrogen) atoms. The van der Waals surface area contributed by atoms with Crippen molar-refractivity contribution in [1.82, 2.24) is 0 Å². The van der Waals surface area contributed by atoms with Gasteiger partial charge in [-0.1, -0.05) is 26.0 Å². The van der Waals surface area contributed by atoms with Crippen LogP contribution in [0.5, 0.6) is 0 Å². The van der Waals surface area contributed by atoms with Crippen LogP contribution in [0.3, 0.4) is 0 Å². The zero-order valence-corrected chi connectivity index (χ0v) is 8.40. The molecule has 3 unspecified atom stereocenters. The maximum absolute atomic E-state index is 4.24. The van der Waals surface area contributed by atoms with Crippen molar-refractivity contribution in [3.05, 3.63) is 12.2 Å². The van der Waals surface area contributed by atoms with Gasteiger partial charge in [0.15, 0.2) is 0 Å². The molecule has 0 amide bonds. The number of hydrogen-bond donors (Lipinski definition) is 0. The summed E-state index contributed by atoms with van der Waals surface area (Å²) in [7, 11) is 0. The number of rotatable bonds is 0. The molecule has 2 fully saturated rings. The fraction of sp³-hybridized carbons (Fsp3) is 0.833. The predicted molar refractivity (Wildman–Crippen MR) is 53.0 cm³/mol. The number of allylic oxidation sites excluding steroid dienone is 1. The topological polar surface area (TPSA) is 0 Å². The van der Waals surface area contributed by atoms with Crippen molar-refractivity contribution < 1.29 is 0 Å². The van der Waals surface area contributed by atoms with Crippen molar-refractivity contribution >= 4 is 0 Å². The Hall–Kier alpha value is -0.260. The second-order valence-corrected chi connectivity index (χ2v) is 5.05. The SMILES string of the molecule is C=C1CCCC2(C)C(C)CCC12. The van der Waals surface area contributed by atoms with Gasteiger partial charge in [-0.2, -0.15) is 0 Å². The van der Waals surface area contributed by atoms with Crippen LogP contribution in [0.2, 0.25) is 0 Å². The summed E-state index contributed by atoms with van der Waals surface area (Å²) in [6.07, 6.45) is 6.97. The Morgan fingerprint density at radius 1 is 1.42 bits per heavy atom. The van der Waals surface area contributed by atoms with Crippen LogP contribution in [0.1, 0.15) is 46.0 Å². The van der Waals surface area contributed by atoms with Crippen molar-refractivity contribution in [1.29, 1.82) is 0 Å². The monoisotopic (exact) mass is 164 g/mol. The van der Waals surface area contributed by atoms with E-state index in [1.54, 1.807) is 5.57 Å². The van der Waals surface area contributed by atoms with E-state index in [0.29, 0.717) is 5.41 Å². The summed E-state index contributed by atoms with van der Waals surface area (Å²) in [5.41, 5.74) is 2.17. The van der Waals surface area contributed by atoms with Crippen LogP contribution >= 0.6 is 0 Å². The van der Waals surface area contributed by atoms with E-state index in [4.69, 9.17) is 0 Å². The Morgan fingerprint density at radius 2 is 2.17 bits per heavy atom. The molecule has 0 aliphatic heterocycles. The first kappa shape index (κ1) is 8.34. The summed E-state index contributed by atoms with van der Waals surface area (Å²) in [5, 5.41) is 0. The van der Waals surface area contributed by atoms with Gasteiger partial charge in [0.25, 0.3) is 0 Å². The van der Waals surface area contributed by atoms with Crippen LogP contribution in [0.4, 0.5) is 0 Å². The number of hydrogen-bond acceptors (Lipinski definition) is 0. The Labute approximate surface area is 76.1 Å². The second kappa shape index (κ2) is 2.61. The van der Waals surface area contributed by atoms with E-state index >= 15 is 0 Å². The molecule has 68 valence electrons. The van der Waals surface area contributed by atoms with E-state index in [1.165, 1.54) is 32.1 Å². The molecular weight excluding hydrogens is 144 g/mol. The van der Waals surface area contributed by atoms with Crippen LogP contribution in [0.15, 0.2) is 12.2 Å². The standard InChI is InChI=1S/C12H20/c1-9-5-4-8-12(3)10(2)6-7-11(9)12/h10-11H,1,4-8H2,2-3H3. The Balaban J connectivity index is 2.26. The average molecular weight is 164 g/mol. The Morgan fingerprint density at radius 3 is 2.83 bits per heavy atom. The highest BCUT2D eigenvalue weighted by Crippen LogP contribution is 2.56. The van der Waals surface area contributed by atoms with Gasteiger partial charge >= 0.3 is 0 Å². The zero-order valence-electron chi connectivity index (χ0n) is 8.40. The lowest BCUT2D eigenvalue weighted by Gasteiger charge is -2.40. The van der Waals surface area contributed by atoms with Gasteiger partial charge in [0.2, 0.25) is 0 Å². The summed E-state index contributed by atoms with van der Waals surface area (Å²) in [5.74, 6) is 1.79. The van der Waals surface area contributed by atoms with Crippen LogP contribution < -0.4 is 0 Å². The van der Waals surface area contributed by atoms with Gasteiger partial charge in [-0.25, -0.2) is 0 Å². The fourth-order valence-corrected chi connectivity index (χ4v) is 3.38. The minimum Gasteiger partial charge on any atom is -0.0996 e. The van der Waals surface area contributed by atoms with E-state index in [0.717, 1.165) is 11.8 Å². The third kappa shape index (κ3) is 0.967. The number of fused-ring (bicyclic) bond motifs is 1. The molecule has 0 heteroatoms. The summed E-state index contributed by atoms with van der Waals surface area (Å²) in [6.45, 7) is 9.15. The molecule has 2 aliphatic carbocycles. The first-order valence-corrected chi connectivity index (χ1v) is 5.32. The van der Waals surface area contributed by atoms with Crippen LogP contribution in [0, 0.1) is 17.3 Å². The lowest BCUT2D eigenvalue weighted by molar-refractivity contribution is 0.147. The molecular formula is C12H20. The lowest BCUT2D eigenvalue weighted by atomic mass is 9.64. The van der Waals surface area contributed by atoms with E-state index < -0.39 is 0 Å². The quantitative estimate of drug-likeness (QED) is 0.478. The predicted octanol–water partition coefficient (Wildman–Crippen LogP) is 3.78. The molecule has 2 saturated carbocycles. The first-order valence-electron chi connectivity index (χ1n) is 5.32. The zero-order chi connectivity index (χ0) is 8.77. The van der Waals surface area contributed by atoms with Crippen molar-refractivity contribution in [3.63, 3.8) is 0 Å². The molecule has 0 radical (unpaired) electrons. The molecule has 0 aromatic carbocycles. The van der Waals surface area contributed by atoms with Gasteiger partial charge in [-0.15, -0.1) is 0 Å². The molecule has 2 rings (SSSR count). The smallest absolute Gasteiger partial charge is 0.0149 e. The van der Waals surface area contributed by atoms with Crippen molar-refractivity contribution in [3.8, 4) is 0 Å². The summed E-state index contributed by atoms with van der Waals surface area (Å²) in [4.78, 5) is 0. The highest BCUT2D eigenvalue weighted by molar-refractivity contribution is 5.14. The van der Waals surface area contributed by atoms with Crippen LogP contribution in [-0.4, -0.2) is 0 Å². The van der Waals surface area contributed by atoms with E-state index in [9.17, 15) is 0 Å². The Bertz CT molecular complexity index is 204. The minimum absolute atomic E-state index is 0.620. The second-order valence-electron chi connectivity index (χ2n) is 5.05. The van der Waals surface area contributed by atoms with Gasteiger partial charge in [0, 0.05) is 0 Å². The van der Waals surface area contributed by atoms with E-state index in [2.05, 4.69) is 20.4 Å². The largest absolute Gasteiger partial charge is 0.0996 e. The van der Waals surface area contributed by atoms with Gasteiger partial charge in [0.05, 0.1) is 0 Å². The molecule has 3 atom stereocenters. The van der Waals surface area contributed by atoms with Crippen molar-refractivity contribution in [2.45, 2.75) is 46.0 Å². The van der Waals surface area contributed by atoms with Crippen molar-refractivity contribution in [2.75, 3.05) is 0 Å². The summed E-state index contributed by atoms with van der Waals surface area (Å²) >= 11 is 0. The highest BCUT2D eigenvalue weighted by atomic mass is 14.5. The third-order valence-electron chi connectivity index (χ3n) is 4.52. The van der Waals surface area contributed by atoms with Crippen molar-refractivity contribution in [2.24, 2.45) is 17.3 Å². The molecule has 0 aromatic heterocycles. The van der Waals surface area contributed by atoms with E-state index in [1.807, 2.05) is 0 Å². The molecule has 2 aliphatic rings. The fourth-order valence-electron chi connectivity index (χ4n) is 3.38. The van der Waals surface area contributed by atoms with E-state index in [-0.39, 0.29) is 0 Å². The van der Waals surface area contributed by atoms with Crippen LogP contribution in [-0.2, 0) is 0 Å². The van der Waals surface area contributed by atoms with Gasteiger partial charge in [-0.05, 0) is 49.4 Å². The normalized spacial score (nSPS) is 47.7. The van der Waals surface area contributed by atoms with Gasteiger partial charge < -0.3 is 0 Å². The Kier molecular flexibility index (Phi) is 1.82. The maximum Gasteiger partial charge on any atom is -0.0149 e. The van der Waals surface area contributed by atoms with Gasteiger partial charge in [-0.3, -0.25) is 0 Å². The molecule has 0 N–H and O–H groups in total. The third-order valence-corrected chi connectivity index (χ3v) is 4.52. The minimum atomic E-state index is 0.620. The molecule has 0 nitrogen and oxygen atoms in total. The highest BCUT2D eigenvalue weighted by Gasteiger charge is 2.46. The molecule has 0 spiro atoms. The lowest BCUT2D eigenvalue weighted by Crippen LogP contribution is -2.31. The molecule has 0 aromatic rings. The first-order chi connectivity index (χ1) is 5.64.